The average molecular weight is 330 g/mol. The van der Waals surface area contributed by atoms with E-state index in [1.807, 2.05) is 42.6 Å². The van der Waals surface area contributed by atoms with Gasteiger partial charge in [0.2, 0.25) is 5.91 Å². The fraction of sp³-hybridized carbons (Fsp3) is 0.222. The number of benzene rings is 2. The van der Waals surface area contributed by atoms with E-state index in [0.717, 1.165) is 5.56 Å². The molecule has 0 aliphatic carbocycles. The van der Waals surface area contributed by atoms with Crippen LogP contribution in [0.3, 0.4) is 0 Å². The molecule has 0 aromatic heterocycles. The van der Waals surface area contributed by atoms with Crippen LogP contribution >= 0.6 is 11.6 Å². The average Bonchev–Trinajstić information content (AvgIpc) is 2.83. The van der Waals surface area contributed by atoms with Gasteiger partial charge in [0.05, 0.1) is 12.1 Å². The van der Waals surface area contributed by atoms with Crippen molar-refractivity contribution in [3.05, 3.63) is 65.2 Å². The molecule has 0 unspecified atom stereocenters. The topological polar surface area (TPSA) is 54.0 Å². The summed E-state index contributed by atoms with van der Waals surface area (Å²) < 4.78 is 0. The van der Waals surface area contributed by atoms with E-state index in [0.29, 0.717) is 10.7 Å². The second kappa shape index (κ2) is 6.52. The molecule has 0 bridgehead atoms. The van der Waals surface area contributed by atoms with Crippen molar-refractivity contribution in [2.24, 2.45) is 0 Å². The van der Waals surface area contributed by atoms with Gasteiger partial charge in [-0.3, -0.25) is 9.59 Å². The molecule has 2 amide bonds. The molecule has 0 spiro atoms. The van der Waals surface area contributed by atoms with Crippen molar-refractivity contribution < 1.29 is 14.9 Å². The van der Waals surface area contributed by atoms with Gasteiger partial charge < -0.3 is 5.32 Å². The fourth-order valence-corrected chi connectivity index (χ4v) is 3.01. The van der Waals surface area contributed by atoms with Gasteiger partial charge in [-0.2, -0.15) is 0 Å². The number of rotatable bonds is 4. The summed E-state index contributed by atoms with van der Waals surface area (Å²) in [5.41, 5.74) is 1.71. The number of hydrogen-bond donors (Lipinski definition) is 1. The number of carbonyl (C=O) groups excluding carboxylic acids is 2. The minimum absolute atomic E-state index is 0.114. The molecular weight excluding hydrogens is 312 g/mol. The Morgan fingerprint density at radius 2 is 1.74 bits per heavy atom. The van der Waals surface area contributed by atoms with Crippen LogP contribution in [-0.4, -0.2) is 17.9 Å². The van der Waals surface area contributed by atoms with E-state index < -0.39 is 0 Å². The van der Waals surface area contributed by atoms with Gasteiger partial charge in [0.1, 0.15) is 6.04 Å². The third-order valence-corrected chi connectivity index (χ3v) is 4.36. The number of hydrogen-bond acceptors (Lipinski definition) is 2. The SMILES string of the molecule is C[C@@H]([NH2+][C@H]1CC(=O)N(c2ccc(Cl)cc2)C1=O)c1ccccc1. The van der Waals surface area contributed by atoms with Gasteiger partial charge in [-0.1, -0.05) is 41.9 Å². The molecule has 0 radical (unpaired) electrons. The molecule has 2 N–H and O–H groups in total. The highest BCUT2D eigenvalue weighted by molar-refractivity contribution is 6.30. The Morgan fingerprint density at radius 3 is 2.39 bits per heavy atom. The minimum Gasteiger partial charge on any atom is -0.330 e. The monoisotopic (exact) mass is 329 g/mol. The van der Waals surface area contributed by atoms with E-state index in [1.54, 1.807) is 24.3 Å². The van der Waals surface area contributed by atoms with Gasteiger partial charge in [-0.15, -0.1) is 0 Å². The molecule has 2 atom stereocenters. The Balaban J connectivity index is 1.75. The maximum absolute atomic E-state index is 12.6. The predicted molar refractivity (Wildman–Crippen MR) is 89.1 cm³/mol. The van der Waals surface area contributed by atoms with E-state index in [4.69, 9.17) is 11.6 Å². The molecular formula is C18H18ClN2O2+. The van der Waals surface area contributed by atoms with Crippen LogP contribution < -0.4 is 10.2 Å². The summed E-state index contributed by atoms with van der Waals surface area (Å²) in [5.74, 6) is -0.334. The molecule has 1 aliphatic rings. The number of imide groups is 1. The van der Waals surface area contributed by atoms with Crippen molar-refractivity contribution >= 4 is 29.1 Å². The highest BCUT2D eigenvalue weighted by Crippen LogP contribution is 2.23. The number of nitrogens with two attached hydrogens (primary N) is 1. The molecule has 0 saturated carbocycles. The fourth-order valence-electron chi connectivity index (χ4n) is 2.88. The molecule has 1 fully saturated rings. The Labute approximate surface area is 140 Å². The molecule has 1 saturated heterocycles. The van der Waals surface area contributed by atoms with Gasteiger partial charge >= 0.3 is 0 Å². The molecule has 2 aromatic rings. The van der Waals surface area contributed by atoms with Crippen LogP contribution in [0.25, 0.3) is 0 Å². The van der Waals surface area contributed by atoms with Gasteiger partial charge in [-0.05, 0) is 31.2 Å². The summed E-state index contributed by atoms with van der Waals surface area (Å²) >= 11 is 5.86. The highest BCUT2D eigenvalue weighted by Gasteiger charge is 2.43. The summed E-state index contributed by atoms with van der Waals surface area (Å²) in [4.78, 5) is 26.1. The van der Waals surface area contributed by atoms with E-state index in [-0.39, 0.29) is 30.3 Å². The first-order valence-corrected chi connectivity index (χ1v) is 7.96. The van der Waals surface area contributed by atoms with Crippen LogP contribution in [0.5, 0.6) is 0 Å². The maximum Gasteiger partial charge on any atom is 0.292 e. The van der Waals surface area contributed by atoms with E-state index in [2.05, 4.69) is 0 Å². The lowest BCUT2D eigenvalue weighted by atomic mass is 10.1. The van der Waals surface area contributed by atoms with Gasteiger partial charge in [0.15, 0.2) is 6.04 Å². The van der Waals surface area contributed by atoms with Crippen LogP contribution in [0.1, 0.15) is 24.9 Å². The summed E-state index contributed by atoms with van der Waals surface area (Å²) in [6.07, 6.45) is 0.221. The zero-order valence-electron chi connectivity index (χ0n) is 12.8. The lowest BCUT2D eigenvalue weighted by Gasteiger charge is -2.16. The number of carbonyl (C=O) groups is 2. The number of amides is 2. The third kappa shape index (κ3) is 3.28. The standard InChI is InChI=1S/C18H17ClN2O2/c1-12(13-5-3-2-4-6-13)20-16-11-17(22)21(18(16)23)15-9-7-14(19)8-10-15/h2-10,12,16,20H,11H2,1H3/p+1/t12-,16+/m1/s1. The molecule has 118 valence electrons. The van der Waals surface area contributed by atoms with Crippen molar-refractivity contribution in [1.82, 2.24) is 0 Å². The molecule has 2 aromatic carbocycles. The van der Waals surface area contributed by atoms with Crippen molar-refractivity contribution in [1.29, 1.82) is 0 Å². The van der Waals surface area contributed by atoms with Crippen molar-refractivity contribution in [2.75, 3.05) is 4.90 Å². The first kappa shape index (κ1) is 15.7. The molecule has 5 heteroatoms. The Morgan fingerprint density at radius 1 is 1.09 bits per heavy atom. The smallest absolute Gasteiger partial charge is 0.292 e. The first-order chi connectivity index (χ1) is 11.1. The third-order valence-electron chi connectivity index (χ3n) is 4.11. The second-order valence-electron chi connectivity index (χ2n) is 5.75. The Hall–Kier alpha value is -2.17. The van der Waals surface area contributed by atoms with Crippen molar-refractivity contribution in [2.45, 2.75) is 25.4 Å². The Bertz CT molecular complexity index is 716. The summed E-state index contributed by atoms with van der Waals surface area (Å²) in [6, 6.07) is 16.4. The molecule has 23 heavy (non-hydrogen) atoms. The largest absolute Gasteiger partial charge is 0.330 e. The van der Waals surface area contributed by atoms with Gasteiger partial charge in [0, 0.05) is 10.6 Å². The minimum atomic E-state index is -0.381. The second-order valence-corrected chi connectivity index (χ2v) is 6.18. The zero-order valence-corrected chi connectivity index (χ0v) is 13.5. The van der Waals surface area contributed by atoms with E-state index >= 15 is 0 Å². The van der Waals surface area contributed by atoms with Crippen LogP contribution in [0.15, 0.2) is 54.6 Å². The van der Waals surface area contributed by atoms with E-state index in [1.165, 1.54) is 4.90 Å². The number of nitrogens with zero attached hydrogens (tertiary/aromatic N) is 1. The predicted octanol–water partition coefficient (Wildman–Crippen LogP) is 2.30. The number of quaternary nitrogens is 1. The number of anilines is 1. The number of halogens is 1. The zero-order chi connectivity index (χ0) is 16.4. The maximum atomic E-state index is 12.6. The summed E-state index contributed by atoms with van der Waals surface area (Å²) in [6.45, 7) is 2.04. The lowest BCUT2D eigenvalue weighted by molar-refractivity contribution is -0.711. The molecule has 4 nitrogen and oxygen atoms in total. The first-order valence-electron chi connectivity index (χ1n) is 7.58. The normalized spacial score (nSPS) is 19.2. The summed E-state index contributed by atoms with van der Waals surface area (Å²) in [7, 11) is 0. The molecule has 1 heterocycles. The van der Waals surface area contributed by atoms with Crippen LogP contribution in [-0.2, 0) is 9.59 Å². The molecule has 1 aliphatic heterocycles. The van der Waals surface area contributed by atoms with E-state index in [9.17, 15) is 9.59 Å². The van der Waals surface area contributed by atoms with Crippen LogP contribution in [0.4, 0.5) is 5.69 Å². The summed E-state index contributed by atoms with van der Waals surface area (Å²) in [5, 5.41) is 2.54. The lowest BCUT2D eigenvalue weighted by Crippen LogP contribution is -2.91. The van der Waals surface area contributed by atoms with Crippen LogP contribution in [0.2, 0.25) is 5.02 Å². The quantitative estimate of drug-likeness (QED) is 0.875. The van der Waals surface area contributed by atoms with Gasteiger partial charge in [0.25, 0.3) is 5.91 Å². The van der Waals surface area contributed by atoms with Gasteiger partial charge in [-0.25, -0.2) is 4.90 Å². The van der Waals surface area contributed by atoms with Crippen molar-refractivity contribution in [3.8, 4) is 0 Å². The van der Waals surface area contributed by atoms with Crippen LogP contribution in [0, 0.1) is 0 Å². The van der Waals surface area contributed by atoms with Crippen molar-refractivity contribution in [3.63, 3.8) is 0 Å². The Kier molecular flexibility index (Phi) is 4.46. The molecule has 3 rings (SSSR count). The highest BCUT2D eigenvalue weighted by atomic mass is 35.5.